The van der Waals surface area contributed by atoms with Crippen molar-refractivity contribution in [2.24, 2.45) is 0 Å². The van der Waals surface area contributed by atoms with Crippen molar-refractivity contribution >= 4 is 0 Å². The lowest BCUT2D eigenvalue weighted by Gasteiger charge is -2.30. The highest BCUT2D eigenvalue weighted by Crippen LogP contribution is 2.32. The molecule has 5 nitrogen and oxygen atoms in total. The predicted octanol–water partition coefficient (Wildman–Crippen LogP) is 1.51. The highest BCUT2D eigenvalue weighted by atomic mass is 16.5. The predicted molar refractivity (Wildman–Crippen MR) is 100 cm³/mol. The molecule has 0 spiro atoms. The number of methoxy groups -OCH3 is 1. The average molecular weight is 357 g/mol. The topological polar surface area (TPSA) is 73.2 Å². The zero-order valence-corrected chi connectivity index (χ0v) is 15.2. The fourth-order valence-corrected chi connectivity index (χ4v) is 3.96. The number of aryl methyl sites for hydroxylation is 1. The second kappa shape index (κ2) is 8.18. The Hall–Kier alpha value is -1.92. The Balaban J connectivity index is 1.91. The fraction of sp³-hybridized carbons (Fsp3) is 0.429. The van der Waals surface area contributed by atoms with Gasteiger partial charge in [0.1, 0.15) is 5.75 Å². The van der Waals surface area contributed by atoms with E-state index in [1.54, 1.807) is 7.11 Å². The van der Waals surface area contributed by atoms with Crippen LogP contribution in [0.4, 0.5) is 0 Å². The third-order valence-corrected chi connectivity index (χ3v) is 5.32. The van der Waals surface area contributed by atoms with Crippen molar-refractivity contribution in [2.45, 2.75) is 44.2 Å². The van der Waals surface area contributed by atoms with Gasteiger partial charge in [0.05, 0.1) is 32.0 Å². The molecule has 1 heterocycles. The van der Waals surface area contributed by atoms with Crippen molar-refractivity contribution in [3.05, 3.63) is 65.2 Å². The molecule has 0 saturated carbocycles. The Morgan fingerprint density at radius 2 is 1.65 bits per heavy atom. The van der Waals surface area contributed by atoms with Gasteiger partial charge in [-0.05, 0) is 24.5 Å². The third-order valence-electron chi connectivity index (χ3n) is 5.32. The van der Waals surface area contributed by atoms with Crippen molar-refractivity contribution in [1.29, 1.82) is 0 Å². The van der Waals surface area contributed by atoms with Crippen LogP contribution in [0.2, 0.25) is 0 Å². The number of hydrogen-bond donors (Lipinski definition) is 3. The van der Waals surface area contributed by atoms with Crippen LogP contribution in [0.5, 0.6) is 5.75 Å². The van der Waals surface area contributed by atoms with E-state index in [0.717, 1.165) is 22.4 Å². The Labute approximate surface area is 154 Å². The van der Waals surface area contributed by atoms with Crippen LogP contribution in [0, 0.1) is 6.92 Å². The van der Waals surface area contributed by atoms with Gasteiger partial charge in [-0.1, -0.05) is 48.5 Å². The van der Waals surface area contributed by atoms with Gasteiger partial charge in [0.15, 0.2) is 0 Å². The number of rotatable bonds is 6. The first kappa shape index (κ1) is 18.9. The SMILES string of the molecule is COc1c(C)cccc1CN1[C@H](CO)[C@@H](O)[C@@H](O)[C@@H]1Cc1ccccc1. The summed E-state index contributed by atoms with van der Waals surface area (Å²) < 4.78 is 5.55. The number of hydrogen-bond acceptors (Lipinski definition) is 5. The second-order valence-electron chi connectivity index (χ2n) is 6.93. The maximum atomic E-state index is 10.6. The van der Waals surface area contributed by atoms with E-state index in [-0.39, 0.29) is 12.6 Å². The zero-order valence-electron chi connectivity index (χ0n) is 15.2. The minimum Gasteiger partial charge on any atom is -0.496 e. The first-order chi connectivity index (χ1) is 12.6. The molecule has 140 valence electrons. The Kier molecular flexibility index (Phi) is 5.94. The van der Waals surface area contributed by atoms with E-state index >= 15 is 0 Å². The van der Waals surface area contributed by atoms with Crippen LogP contribution in [-0.4, -0.2) is 58.2 Å². The van der Waals surface area contributed by atoms with E-state index in [4.69, 9.17) is 4.74 Å². The van der Waals surface area contributed by atoms with E-state index in [2.05, 4.69) is 0 Å². The molecule has 2 aromatic carbocycles. The van der Waals surface area contributed by atoms with Crippen molar-refractivity contribution in [3.8, 4) is 5.75 Å². The molecule has 3 N–H and O–H groups in total. The van der Waals surface area contributed by atoms with Crippen LogP contribution in [0.25, 0.3) is 0 Å². The lowest BCUT2D eigenvalue weighted by molar-refractivity contribution is 0.0178. The molecule has 0 aromatic heterocycles. The molecule has 2 aromatic rings. The molecule has 4 atom stereocenters. The molecule has 1 fully saturated rings. The minimum absolute atomic E-state index is 0.211. The molecular formula is C21H27NO4. The van der Waals surface area contributed by atoms with E-state index in [9.17, 15) is 15.3 Å². The summed E-state index contributed by atoms with van der Waals surface area (Å²) in [5.41, 5.74) is 3.10. The van der Waals surface area contributed by atoms with Crippen molar-refractivity contribution in [3.63, 3.8) is 0 Å². The first-order valence-electron chi connectivity index (χ1n) is 8.96. The van der Waals surface area contributed by atoms with Gasteiger partial charge in [-0.3, -0.25) is 4.90 Å². The lowest BCUT2D eigenvalue weighted by Crippen LogP contribution is -2.41. The summed E-state index contributed by atoms with van der Waals surface area (Å²) in [6.45, 7) is 2.26. The molecule has 1 aliphatic heterocycles. The van der Waals surface area contributed by atoms with Gasteiger partial charge >= 0.3 is 0 Å². The van der Waals surface area contributed by atoms with Crippen LogP contribution >= 0.6 is 0 Å². The average Bonchev–Trinajstić information content (AvgIpc) is 2.87. The summed E-state index contributed by atoms with van der Waals surface area (Å²) in [5.74, 6) is 0.804. The zero-order chi connectivity index (χ0) is 18.7. The summed E-state index contributed by atoms with van der Waals surface area (Å²) in [6, 6.07) is 15.0. The Morgan fingerprint density at radius 1 is 0.962 bits per heavy atom. The number of ether oxygens (including phenoxy) is 1. The van der Waals surface area contributed by atoms with Crippen molar-refractivity contribution in [2.75, 3.05) is 13.7 Å². The molecule has 0 unspecified atom stereocenters. The van der Waals surface area contributed by atoms with Gasteiger partial charge in [0.2, 0.25) is 0 Å². The molecular weight excluding hydrogens is 330 g/mol. The monoisotopic (exact) mass is 357 g/mol. The van der Waals surface area contributed by atoms with Crippen molar-refractivity contribution < 1.29 is 20.1 Å². The largest absolute Gasteiger partial charge is 0.496 e. The van der Waals surface area contributed by atoms with E-state index in [1.807, 2.05) is 60.4 Å². The van der Waals surface area contributed by atoms with E-state index < -0.39 is 18.2 Å². The maximum absolute atomic E-state index is 10.6. The first-order valence-corrected chi connectivity index (χ1v) is 8.96. The van der Waals surface area contributed by atoms with Gasteiger partial charge < -0.3 is 20.1 Å². The maximum Gasteiger partial charge on any atom is 0.126 e. The molecule has 5 heteroatoms. The summed E-state index contributed by atoms with van der Waals surface area (Å²) in [6.07, 6.45) is -1.29. The second-order valence-corrected chi connectivity index (χ2v) is 6.93. The van der Waals surface area contributed by atoms with Gasteiger partial charge in [0, 0.05) is 18.2 Å². The van der Waals surface area contributed by atoms with Gasteiger partial charge in [-0.15, -0.1) is 0 Å². The molecule has 26 heavy (non-hydrogen) atoms. The fourth-order valence-electron chi connectivity index (χ4n) is 3.96. The molecule has 1 saturated heterocycles. The quantitative estimate of drug-likeness (QED) is 0.731. The Bertz CT molecular complexity index is 721. The number of nitrogens with zero attached hydrogens (tertiary/aromatic N) is 1. The number of likely N-dealkylation sites (tertiary alicyclic amines) is 1. The molecule has 1 aliphatic rings. The van der Waals surface area contributed by atoms with Gasteiger partial charge in [-0.2, -0.15) is 0 Å². The minimum atomic E-state index is -0.982. The van der Waals surface area contributed by atoms with Gasteiger partial charge in [0.25, 0.3) is 0 Å². The van der Waals surface area contributed by atoms with Crippen LogP contribution in [0.1, 0.15) is 16.7 Å². The van der Waals surface area contributed by atoms with Crippen molar-refractivity contribution in [1.82, 2.24) is 4.90 Å². The number of para-hydroxylation sites is 1. The number of benzene rings is 2. The highest BCUT2D eigenvalue weighted by Gasteiger charge is 2.47. The summed E-state index contributed by atoms with van der Waals surface area (Å²) in [4.78, 5) is 2.00. The van der Waals surface area contributed by atoms with Crippen LogP contribution in [-0.2, 0) is 13.0 Å². The molecule has 0 amide bonds. The van der Waals surface area contributed by atoms with Crippen LogP contribution < -0.4 is 4.74 Å². The summed E-state index contributed by atoms with van der Waals surface area (Å²) >= 11 is 0. The normalized spacial score (nSPS) is 26.2. The smallest absolute Gasteiger partial charge is 0.126 e. The number of aliphatic hydroxyl groups is 3. The molecule has 0 radical (unpaired) electrons. The van der Waals surface area contributed by atoms with E-state index in [1.165, 1.54) is 0 Å². The third kappa shape index (κ3) is 3.62. The Morgan fingerprint density at radius 3 is 2.31 bits per heavy atom. The lowest BCUT2D eigenvalue weighted by atomic mass is 10.0. The molecule has 0 aliphatic carbocycles. The highest BCUT2D eigenvalue weighted by molar-refractivity contribution is 5.41. The van der Waals surface area contributed by atoms with E-state index in [0.29, 0.717) is 13.0 Å². The summed E-state index contributed by atoms with van der Waals surface area (Å²) in [7, 11) is 1.64. The van der Waals surface area contributed by atoms with Crippen LogP contribution in [0.15, 0.2) is 48.5 Å². The number of aliphatic hydroxyl groups excluding tert-OH is 3. The summed E-state index contributed by atoms with van der Waals surface area (Å²) in [5, 5.41) is 30.9. The van der Waals surface area contributed by atoms with Crippen LogP contribution in [0.3, 0.4) is 0 Å². The molecule has 0 bridgehead atoms. The molecule has 3 rings (SSSR count). The van der Waals surface area contributed by atoms with Gasteiger partial charge in [-0.25, -0.2) is 0 Å². The standard InChI is InChI=1S/C21H27NO4/c1-14-7-6-10-16(21(14)26-2)12-22-17(11-15-8-4-3-5-9-15)19(24)20(25)18(22)13-23/h3-10,17-20,23-25H,11-13H2,1-2H3/t17-,18+,19-,20+/m0/s1.